The van der Waals surface area contributed by atoms with Crippen LogP contribution in [0.2, 0.25) is 0 Å². The van der Waals surface area contributed by atoms with E-state index in [2.05, 4.69) is 36.8 Å². The van der Waals surface area contributed by atoms with Gasteiger partial charge in [0.15, 0.2) is 0 Å². The summed E-state index contributed by atoms with van der Waals surface area (Å²) in [5.41, 5.74) is 1.11. The molecule has 5 heteroatoms. The molecule has 0 fully saturated rings. The van der Waals surface area contributed by atoms with E-state index in [0.29, 0.717) is 0 Å². The molecule has 0 unspecified atom stereocenters. The Balaban J connectivity index is 2.02. The molecule has 2 aromatic heterocycles. The Morgan fingerprint density at radius 2 is 2.40 bits per heavy atom. The number of nitrogens with one attached hydrogen (secondary N) is 1. The van der Waals surface area contributed by atoms with Crippen molar-refractivity contribution in [3.8, 4) is 0 Å². The van der Waals surface area contributed by atoms with Crippen LogP contribution in [0.4, 0.5) is 5.82 Å². The van der Waals surface area contributed by atoms with Crippen LogP contribution in [-0.2, 0) is 6.54 Å². The Morgan fingerprint density at radius 1 is 1.53 bits per heavy atom. The molecule has 0 saturated carbocycles. The molecule has 0 aromatic carbocycles. The third-order valence-corrected chi connectivity index (χ3v) is 3.84. The van der Waals surface area contributed by atoms with Gasteiger partial charge in [-0.2, -0.15) is 5.10 Å². The fourth-order valence-corrected chi connectivity index (χ4v) is 2.60. The Hall–Kier alpha value is -0.940. The Kier molecular flexibility index (Phi) is 3.33. The van der Waals surface area contributed by atoms with Gasteiger partial charge in [-0.1, -0.05) is 0 Å². The molecule has 0 aliphatic rings. The third kappa shape index (κ3) is 2.76. The predicted octanol–water partition coefficient (Wildman–Crippen LogP) is 3.22. The maximum atomic E-state index is 4.00. The minimum atomic E-state index is 0.774. The van der Waals surface area contributed by atoms with Crippen molar-refractivity contribution >= 4 is 33.1 Å². The highest BCUT2D eigenvalue weighted by molar-refractivity contribution is 9.10. The monoisotopic (exact) mass is 283 g/mol. The van der Waals surface area contributed by atoms with Crippen molar-refractivity contribution in [3.05, 3.63) is 38.6 Å². The number of hydrogen-bond acceptors (Lipinski definition) is 4. The van der Waals surface area contributed by atoms with Gasteiger partial charge >= 0.3 is 0 Å². The number of nitrogens with zero attached hydrogens (tertiary/aromatic N) is 2. The maximum absolute atomic E-state index is 4.00. The van der Waals surface area contributed by atoms with E-state index in [-0.39, 0.29) is 0 Å². The molecule has 0 spiro atoms. The Bertz CT molecular complexity index is 455. The summed E-state index contributed by atoms with van der Waals surface area (Å²) < 4.78 is 1.14. The zero-order valence-electron chi connectivity index (χ0n) is 8.20. The molecule has 2 rings (SSSR count). The van der Waals surface area contributed by atoms with Crippen molar-refractivity contribution in [2.24, 2.45) is 0 Å². The van der Waals surface area contributed by atoms with Gasteiger partial charge in [0.05, 0.1) is 12.7 Å². The summed E-state index contributed by atoms with van der Waals surface area (Å²) in [6, 6.07) is 4.03. The Labute approximate surface area is 101 Å². The van der Waals surface area contributed by atoms with Crippen LogP contribution in [0.5, 0.6) is 0 Å². The van der Waals surface area contributed by atoms with Crippen molar-refractivity contribution < 1.29 is 0 Å². The first-order chi connectivity index (χ1) is 7.25. The highest BCUT2D eigenvalue weighted by atomic mass is 79.9. The molecule has 1 N–H and O–H groups in total. The molecule has 3 nitrogen and oxygen atoms in total. The normalized spacial score (nSPS) is 10.3. The Morgan fingerprint density at radius 3 is 3.07 bits per heavy atom. The quantitative estimate of drug-likeness (QED) is 0.940. The number of rotatable bonds is 3. The van der Waals surface area contributed by atoms with Gasteiger partial charge in [0.25, 0.3) is 0 Å². The van der Waals surface area contributed by atoms with Gasteiger partial charge in [-0.3, -0.25) is 0 Å². The van der Waals surface area contributed by atoms with E-state index in [1.807, 2.05) is 19.1 Å². The zero-order valence-corrected chi connectivity index (χ0v) is 10.6. The molecule has 2 aromatic rings. The van der Waals surface area contributed by atoms with Gasteiger partial charge in [0.1, 0.15) is 5.82 Å². The summed E-state index contributed by atoms with van der Waals surface area (Å²) in [5.74, 6) is 0.815. The SMILES string of the molecule is Cc1cnnc(NCc2sccc2Br)c1. The van der Waals surface area contributed by atoms with Crippen LogP contribution in [0.15, 0.2) is 28.2 Å². The van der Waals surface area contributed by atoms with Crippen LogP contribution >= 0.6 is 27.3 Å². The number of aromatic nitrogens is 2. The first kappa shape index (κ1) is 10.6. The van der Waals surface area contributed by atoms with Crippen molar-refractivity contribution in [1.29, 1.82) is 0 Å². The van der Waals surface area contributed by atoms with Gasteiger partial charge < -0.3 is 5.32 Å². The van der Waals surface area contributed by atoms with E-state index in [4.69, 9.17) is 0 Å². The van der Waals surface area contributed by atoms with E-state index < -0.39 is 0 Å². The molecular weight excluding hydrogens is 274 g/mol. The number of thiophene rings is 1. The van der Waals surface area contributed by atoms with E-state index in [0.717, 1.165) is 22.4 Å². The lowest BCUT2D eigenvalue weighted by molar-refractivity contribution is 0.992. The van der Waals surface area contributed by atoms with E-state index in [1.54, 1.807) is 17.5 Å². The summed E-state index contributed by atoms with van der Waals surface area (Å²) in [7, 11) is 0. The minimum absolute atomic E-state index is 0.774. The molecule has 0 radical (unpaired) electrons. The summed E-state index contributed by atoms with van der Waals surface area (Å²) >= 11 is 5.20. The fraction of sp³-hybridized carbons (Fsp3) is 0.200. The van der Waals surface area contributed by atoms with Crippen molar-refractivity contribution in [2.75, 3.05) is 5.32 Å². The maximum Gasteiger partial charge on any atom is 0.149 e. The van der Waals surface area contributed by atoms with Gasteiger partial charge in [-0.15, -0.1) is 16.4 Å². The average molecular weight is 284 g/mol. The van der Waals surface area contributed by atoms with Gasteiger partial charge in [0.2, 0.25) is 0 Å². The second kappa shape index (κ2) is 4.72. The van der Waals surface area contributed by atoms with E-state index in [9.17, 15) is 0 Å². The molecule has 0 aliphatic carbocycles. The number of aryl methyl sites for hydroxylation is 1. The smallest absolute Gasteiger partial charge is 0.149 e. The summed E-state index contributed by atoms with van der Waals surface area (Å²) in [6.45, 7) is 2.78. The zero-order chi connectivity index (χ0) is 10.7. The van der Waals surface area contributed by atoms with E-state index in [1.165, 1.54) is 4.88 Å². The van der Waals surface area contributed by atoms with Crippen LogP contribution < -0.4 is 5.32 Å². The van der Waals surface area contributed by atoms with Crippen molar-refractivity contribution in [3.63, 3.8) is 0 Å². The summed E-state index contributed by atoms with van der Waals surface area (Å²) in [5, 5.41) is 13.2. The highest BCUT2D eigenvalue weighted by Gasteiger charge is 2.01. The second-order valence-electron chi connectivity index (χ2n) is 3.16. The van der Waals surface area contributed by atoms with Gasteiger partial charge in [-0.05, 0) is 45.9 Å². The fourth-order valence-electron chi connectivity index (χ4n) is 1.17. The molecule has 0 aliphatic heterocycles. The van der Waals surface area contributed by atoms with Gasteiger partial charge in [-0.25, -0.2) is 0 Å². The lowest BCUT2D eigenvalue weighted by atomic mass is 10.3. The van der Waals surface area contributed by atoms with Crippen molar-refractivity contribution in [1.82, 2.24) is 10.2 Å². The molecule has 0 saturated heterocycles. The summed E-state index contributed by atoms with van der Waals surface area (Å²) in [6.07, 6.45) is 1.74. The molecule has 2 heterocycles. The number of halogens is 1. The molecule has 0 amide bonds. The molecule has 15 heavy (non-hydrogen) atoms. The predicted molar refractivity (Wildman–Crippen MR) is 66.1 cm³/mol. The first-order valence-electron chi connectivity index (χ1n) is 4.51. The topological polar surface area (TPSA) is 37.8 Å². The van der Waals surface area contributed by atoms with Crippen molar-refractivity contribution in [2.45, 2.75) is 13.5 Å². The molecule has 0 atom stereocenters. The van der Waals surface area contributed by atoms with E-state index >= 15 is 0 Å². The number of anilines is 1. The number of hydrogen-bond donors (Lipinski definition) is 1. The second-order valence-corrected chi connectivity index (χ2v) is 5.02. The molecular formula is C10H10BrN3S. The highest BCUT2D eigenvalue weighted by Crippen LogP contribution is 2.23. The lowest BCUT2D eigenvalue weighted by Crippen LogP contribution is -2.01. The summed E-state index contributed by atoms with van der Waals surface area (Å²) in [4.78, 5) is 1.26. The van der Waals surface area contributed by atoms with Gasteiger partial charge in [0, 0.05) is 9.35 Å². The molecule has 78 valence electrons. The minimum Gasteiger partial charge on any atom is -0.364 e. The van der Waals surface area contributed by atoms with Crippen LogP contribution in [0, 0.1) is 6.92 Å². The largest absolute Gasteiger partial charge is 0.364 e. The van der Waals surface area contributed by atoms with Crippen LogP contribution in [0.25, 0.3) is 0 Å². The first-order valence-corrected chi connectivity index (χ1v) is 6.18. The van der Waals surface area contributed by atoms with Crippen LogP contribution in [-0.4, -0.2) is 10.2 Å². The van der Waals surface area contributed by atoms with Crippen LogP contribution in [0.1, 0.15) is 10.4 Å². The third-order valence-electron chi connectivity index (χ3n) is 1.91. The standard InChI is InChI=1S/C10H10BrN3S/c1-7-4-10(14-13-5-7)12-6-9-8(11)2-3-15-9/h2-5H,6H2,1H3,(H,12,14). The average Bonchev–Trinajstić information content (AvgIpc) is 2.61. The lowest BCUT2D eigenvalue weighted by Gasteiger charge is -2.03. The molecule has 0 bridgehead atoms. The van der Waals surface area contributed by atoms with Crippen LogP contribution in [0.3, 0.4) is 0 Å².